The van der Waals surface area contributed by atoms with Crippen molar-refractivity contribution in [3.63, 3.8) is 0 Å². The molecule has 0 bridgehead atoms. The SMILES string of the molecule is CCNc1cc(C(=O)O)nc2ccnn12. The van der Waals surface area contributed by atoms with Gasteiger partial charge in [-0.15, -0.1) is 0 Å². The van der Waals surface area contributed by atoms with Crippen molar-refractivity contribution in [1.29, 1.82) is 0 Å². The number of hydrogen-bond donors (Lipinski definition) is 2. The van der Waals surface area contributed by atoms with Crippen molar-refractivity contribution >= 4 is 17.4 Å². The molecule has 6 nitrogen and oxygen atoms in total. The third-order valence-corrected chi connectivity index (χ3v) is 1.94. The van der Waals surface area contributed by atoms with E-state index < -0.39 is 5.97 Å². The van der Waals surface area contributed by atoms with Gasteiger partial charge in [0, 0.05) is 18.7 Å². The van der Waals surface area contributed by atoms with Crippen molar-refractivity contribution in [3.05, 3.63) is 24.0 Å². The summed E-state index contributed by atoms with van der Waals surface area (Å²) in [6, 6.07) is 3.12. The van der Waals surface area contributed by atoms with Gasteiger partial charge in [-0.2, -0.15) is 9.61 Å². The van der Waals surface area contributed by atoms with Crippen LogP contribution in [-0.2, 0) is 0 Å². The van der Waals surface area contributed by atoms with Crippen LogP contribution in [0.25, 0.3) is 5.65 Å². The summed E-state index contributed by atoms with van der Waals surface area (Å²) < 4.78 is 1.57. The van der Waals surface area contributed by atoms with Gasteiger partial charge in [0.2, 0.25) is 0 Å². The molecule has 0 radical (unpaired) electrons. The van der Waals surface area contributed by atoms with E-state index in [1.165, 1.54) is 6.07 Å². The Labute approximate surface area is 85.6 Å². The number of nitrogens with one attached hydrogen (secondary N) is 1. The maximum atomic E-state index is 10.8. The predicted octanol–water partition coefficient (Wildman–Crippen LogP) is 0.859. The first-order chi connectivity index (χ1) is 7.22. The number of fused-ring (bicyclic) bond motifs is 1. The summed E-state index contributed by atoms with van der Waals surface area (Å²) in [5.41, 5.74) is 0.532. The normalized spacial score (nSPS) is 10.5. The fourth-order valence-corrected chi connectivity index (χ4v) is 1.33. The molecule has 0 aliphatic rings. The molecular formula is C9H10N4O2. The molecule has 0 saturated carbocycles. The van der Waals surface area contributed by atoms with Gasteiger partial charge in [0.25, 0.3) is 0 Å². The lowest BCUT2D eigenvalue weighted by Gasteiger charge is -2.06. The Bertz CT molecular complexity index is 506. The maximum absolute atomic E-state index is 10.8. The molecule has 2 heterocycles. The lowest BCUT2D eigenvalue weighted by atomic mass is 10.4. The van der Waals surface area contributed by atoms with Crippen LogP contribution in [-0.4, -0.2) is 32.2 Å². The standard InChI is InChI=1S/C9H10N4O2/c1-2-10-8-5-6(9(14)15)12-7-3-4-11-13(7)8/h3-5,10H,2H2,1H3,(H,14,15). The topological polar surface area (TPSA) is 79.5 Å². The third kappa shape index (κ3) is 1.61. The van der Waals surface area contributed by atoms with Crippen LogP contribution in [0.3, 0.4) is 0 Å². The number of rotatable bonds is 3. The molecular weight excluding hydrogens is 196 g/mol. The first-order valence-corrected chi connectivity index (χ1v) is 4.54. The molecule has 2 aromatic rings. The van der Waals surface area contributed by atoms with Crippen molar-refractivity contribution in [2.45, 2.75) is 6.92 Å². The summed E-state index contributed by atoms with van der Waals surface area (Å²) in [4.78, 5) is 14.7. The minimum absolute atomic E-state index is 0.0129. The largest absolute Gasteiger partial charge is 0.477 e. The smallest absolute Gasteiger partial charge is 0.354 e. The van der Waals surface area contributed by atoms with E-state index in [9.17, 15) is 4.79 Å². The van der Waals surface area contributed by atoms with Gasteiger partial charge >= 0.3 is 5.97 Å². The van der Waals surface area contributed by atoms with E-state index in [1.54, 1.807) is 16.8 Å². The van der Waals surface area contributed by atoms with Gasteiger partial charge in [0.15, 0.2) is 11.3 Å². The zero-order valence-corrected chi connectivity index (χ0v) is 8.14. The molecule has 2 aromatic heterocycles. The highest BCUT2D eigenvalue weighted by molar-refractivity contribution is 5.87. The van der Waals surface area contributed by atoms with Crippen LogP contribution in [0.15, 0.2) is 18.3 Å². The van der Waals surface area contributed by atoms with Crippen LogP contribution >= 0.6 is 0 Å². The Kier molecular flexibility index (Phi) is 2.24. The lowest BCUT2D eigenvalue weighted by Crippen LogP contribution is -2.09. The van der Waals surface area contributed by atoms with Crippen LogP contribution < -0.4 is 5.32 Å². The number of hydrogen-bond acceptors (Lipinski definition) is 4. The van der Waals surface area contributed by atoms with E-state index in [-0.39, 0.29) is 5.69 Å². The molecule has 0 aliphatic heterocycles. The highest BCUT2D eigenvalue weighted by Crippen LogP contribution is 2.11. The quantitative estimate of drug-likeness (QED) is 0.778. The summed E-state index contributed by atoms with van der Waals surface area (Å²) in [5.74, 6) is -0.414. The van der Waals surface area contributed by atoms with Gasteiger partial charge in [-0.1, -0.05) is 0 Å². The number of anilines is 1. The number of aromatic carboxylic acids is 1. The molecule has 0 unspecified atom stereocenters. The van der Waals surface area contributed by atoms with Gasteiger partial charge in [-0.05, 0) is 6.92 Å². The summed E-state index contributed by atoms with van der Waals surface area (Å²) in [6.07, 6.45) is 1.58. The average molecular weight is 206 g/mol. The van der Waals surface area contributed by atoms with E-state index in [1.807, 2.05) is 6.92 Å². The zero-order valence-electron chi connectivity index (χ0n) is 8.14. The van der Waals surface area contributed by atoms with Crippen molar-refractivity contribution < 1.29 is 9.90 Å². The molecule has 0 saturated heterocycles. The van der Waals surface area contributed by atoms with Gasteiger partial charge in [-0.25, -0.2) is 9.78 Å². The first-order valence-electron chi connectivity index (χ1n) is 4.54. The van der Waals surface area contributed by atoms with E-state index in [0.717, 1.165) is 0 Å². The van der Waals surface area contributed by atoms with E-state index in [2.05, 4.69) is 15.4 Å². The number of nitrogens with zero attached hydrogens (tertiary/aromatic N) is 3. The second-order valence-corrected chi connectivity index (χ2v) is 2.96. The molecule has 0 fully saturated rings. The molecule has 78 valence electrons. The second kappa shape index (κ2) is 3.56. The van der Waals surface area contributed by atoms with Crippen molar-refractivity contribution in [1.82, 2.24) is 14.6 Å². The first kappa shape index (κ1) is 9.45. The third-order valence-electron chi connectivity index (χ3n) is 1.94. The Morgan fingerprint density at radius 2 is 2.47 bits per heavy atom. The van der Waals surface area contributed by atoms with Gasteiger partial charge in [0.05, 0.1) is 6.20 Å². The van der Waals surface area contributed by atoms with Crippen LogP contribution in [0.1, 0.15) is 17.4 Å². The molecule has 0 atom stereocenters. The van der Waals surface area contributed by atoms with Crippen molar-refractivity contribution in [3.8, 4) is 0 Å². The van der Waals surface area contributed by atoms with Crippen LogP contribution in [0.4, 0.5) is 5.82 Å². The minimum atomic E-state index is -1.04. The Morgan fingerprint density at radius 1 is 1.67 bits per heavy atom. The van der Waals surface area contributed by atoms with Crippen LogP contribution in [0.2, 0.25) is 0 Å². The van der Waals surface area contributed by atoms with Crippen molar-refractivity contribution in [2.24, 2.45) is 0 Å². The summed E-state index contributed by atoms with van der Waals surface area (Å²) in [7, 11) is 0. The second-order valence-electron chi connectivity index (χ2n) is 2.96. The Balaban J connectivity index is 2.63. The molecule has 2 rings (SSSR count). The molecule has 0 aromatic carbocycles. The zero-order chi connectivity index (χ0) is 10.8. The Hall–Kier alpha value is -2.11. The number of carbonyl (C=O) groups is 1. The van der Waals surface area contributed by atoms with E-state index in [0.29, 0.717) is 18.0 Å². The monoisotopic (exact) mass is 206 g/mol. The van der Waals surface area contributed by atoms with Crippen LogP contribution in [0.5, 0.6) is 0 Å². The minimum Gasteiger partial charge on any atom is -0.477 e. The molecule has 0 aliphatic carbocycles. The maximum Gasteiger partial charge on any atom is 0.354 e. The molecule has 6 heteroatoms. The van der Waals surface area contributed by atoms with Gasteiger partial charge < -0.3 is 10.4 Å². The Morgan fingerprint density at radius 3 is 3.13 bits per heavy atom. The van der Waals surface area contributed by atoms with E-state index >= 15 is 0 Å². The number of carboxylic acid groups (broad SMARTS) is 1. The predicted molar refractivity (Wildman–Crippen MR) is 54.1 cm³/mol. The summed E-state index contributed by atoms with van der Waals surface area (Å²) in [5, 5.41) is 15.9. The van der Waals surface area contributed by atoms with E-state index in [4.69, 9.17) is 5.11 Å². The van der Waals surface area contributed by atoms with Gasteiger partial charge in [0.1, 0.15) is 5.82 Å². The summed E-state index contributed by atoms with van der Waals surface area (Å²) in [6.45, 7) is 2.62. The number of aromatic nitrogens is 3. The van der Waals surface area contributed by atoms with Crippen molar-refractivity contribution in [2.75, 3.05) is 11.9 Å². The molecule has 0 amide bonds. The highest BCUT2D eigenvalue weighted by atomic mass is 16.4. The summed E-state index contributed by atoms with van der Waals surface area (Å²) >= 11 is 0. The van der Waals surface area contributed by atoms with Crippen LogP contribution in [0, 0.1) is 0 Å². The number of carboxylic acids is 1. The highest BCUT2D eigenvalue weighted by Gasteiger charge is 2.10. The molecule has 2 N–H and O–H groups in total. The fraction of sp³-hybridized carbons (Fsp3) is 0.222. The molecule has 0 spiro atoms. The lowest BCUT2D eigenvalue weighted by molar-refractivity contribution is 0.0690. The average Bonchev–Trinajstić information content (AvgIpc) is 2.65. The fourth-order valence-electron chi connectivity index (χ4n) is 1.33. The molecule has 15 heavy (non-hydrogen) atoms. The van der Waals surface area contributed by atoms with Gasteiger partial charge in [-0.3, -0.25) is 0 Å².